The Morgan fingerprint density at radius 1 is 1.06 bits per heavy atom. The zero-order chi connectivity index (χ0) is 37.6. The summed E-state index contributed by atoms with van der Waals surface area (Å²) in [6.45, 7) is 2.97. The highest BCUT2D eigenvalue weighted by Gasteiger charge is 2.45. The van der Waals surface area contributed by atoms with Crippen LogP contribution in [0.3, 0.4) is 0 Å². The Kier molecular flexibility index (Phi) is 10.1. The van der Waals surface area contributed by atoms with Crippen LogP contribution in [0, 0.1) is 23.5 Å². The van der Waals surface area contributed by atoms with Gasteiger partial charge in [-0.2, -0.15) is 5.10 Å². The second-order valence-corrected chi connectivity index (χ2v) is 18.9. The van der Waals surface area contributed by atoms with E-state index >= 15 is 0 Å². The van der Waals surface area contributed by atoms with Gasteiger partial charge in [0.2, 0.25) is 0 Å². The Labute approximate surface area is 305 Å². The van der Waals surface area contributed by atoms with Crippen LogP contribution in [0.25, 0.3) is 22.0 Å². The number of carbonyl (C=O) groups is 1. The number of carbonyl (C=O) groups excluding carboxylic acids is 1. The smallest absolute Gasteiger partial charge is 0.169 e. The van der Waals surface area contributed by atoms with Gasteiger partial charge in [-0.05, 0) is 74.9 Å². The number of halogens is 3. The van der Waals surface area contributed by atoms with E-state index in [1.165, 1.54) is 33.9 Å². The Balaban J connectivity index is 1.55. The van der Waals surface area contributed by atoms with Crippen LogP contribution >= 0.6 is 11.6 Å². The lowest BCUT2D eigenvalue weighted by Crippen LogP contribution is -2.33. The number of benzene rings is 2. The number of aromatic nitrogens is 6. The number of fused-ring (bicyclic) bond motifs is 1. The zero-order valence-corrected chi connectivity index (χ0v) is 31.2. The molecule has 0 aliphatic heterocycles. The van der Waals surface area contributed by atoms with Gasteiger partial charge in [-0.1, -0.05) is 28.8 Å². The van der Waals surface area contributed by atoms with E-state index < -0.39 is 47.2 Å². The van der Waals surface area contributed by atoms with E-state index in [9.17, 15) is 30.4 Å². The maximum absolute atomic E-state index is 14.5. The highest BCUT2D eigenvalue weighted by atomic mass is 35.5. The number of rotatable bonds is 12. The van der Waals surface area contributed by atoms with Crippen LogP contribution in [0.4, 0.5) is 8.78 Å². The average Bonchev–Trinajstić information content (AvgIpc) is 3.71. The van der Waals surface area contributed by atoms with Crippen LogP contribution in [-0.4, -0.2) is 68.6 Å². The number of ketones is 1. The Bertz CT molecular complexity index is 2470. The fraction of sp³-hybridized carbons (Fsp3) is 0.361. The van der Waals surface area contributed by atoms with Crippen LogP contribution in [0.5, 0.6) is 0 Å². The van der Waals surface area contributed by atoms with Gasteiger partial charge < -0.3 is 0 Å². The summed E-state index contributed by atoms with van der Waals surface area (Å²) in [6.07, 6.45) is 5.09. The molecule has 0 amide bonds. The minimum absolute atomic E-state index is 0.0162. The van der Waals surface area contributed by atoms with E-state index in [1.807, 2.05) is 0 Å². The molecule has 0 saturated heterocycles. The van der Waals surface area contributed by atoms with Crippen molar-refractivity contribution in [2.75, 3.05) is 6.26 Å². The van der Waals surface area contributed by atoms with Crippen molar-refractivity contribution in [1.29, 1.82) is 0 Å². The molecule has 1 saturated carbocycles. The highest BCUT2D eigenvalue weighted by molar-refractivity contribution is 7.93. The van der Waals surface area contributed by atoms with Crippen molar-refractivity contribution in [3.63, 3.8) is 0 Å². The van der Waals surface area contributed by atoms with Crippen LogP contribution in [0.1, 0.15) is 61.7 Å². The summed E-state index contributed by atoms with van der Waals surface area (Å²) >= 11 is 6.65. The van der Waals surface area contributed by atoms with Crippen LogP contribution in [0.15, 0.2) is 54.9 Å². The quantitative estimate of drug-likeness (QED) is 0.152. The van der Waals surface area contributed by atoms with Gasteiger partial charge in [0.15, 0.2) is 25.5 Å². The molecular formula is C36H35ClF2N6O5S2. The third kappa shape index (κ3) is 8.09. The lowest BCUT2D eigenvalue weighted by atomic mass is 9.86. The third-order valence-electron chi connectivity index (χ3n) is 8.87. The molecule has 1 aliphatic rings. The Hall–Kier alpha value is -4.52. The fourth-order valence-electron chi connectivity index (χ4n) is 6.31. The maximum atomic E-state index is 14.5. The molecule has 1 aliphatic carbocycles. The molecule has 0 unspecified atom stereocenters. The summed E-state index contributed by atoms with van der Waals surface area (Å²) < 4.78 is 81.4. The lowest BCUT2D eigenvalue weighted by Gasteiger charge is -2.21. The molecule has 11 nitrogen and oxygen atoms in total. The van der Waals surface area contributed by atoms with Crippen molar-refractivity contribution in [3.8, 4) is 23.0 Å². The molecule has 2 aromatic carbocycles. The van der Waals surface area contributed by atoms with Gasteiger partial charge in [-0.25, -0.2) is 35.3 Å². The number of pyridine rings is 1. The number of Topliss-reactive ketones (excluding diaryl/α,β-unsaturated/α-hetero) is 1. The van der Waals surface area contributed by atoms with Crippen molar-refractivity contribution in [2.24, 2.45) is 7.05 Å². The van der Waals surface area contributed by atoms with Gasteiger partial charge in [0, 0.05) is 54.4 Å². The zero-order valence-electron chi connectivity index (χ0n) is 28.8. The van der Waals surface area contributed by atoms with Gasteiger partial charge in [0.05, 0.1) is 39.1 Å². The van der Waals surface area contributed by atoms with E-state index in [2.05, 4.69) is 27.3 Å². The number of hydrogen-bond acceptors (Lipinski definition) is 9. The number of sulfone groups is 2. The molecule has 6 rings (SSSR count). The number of hydrogen-bond donors (Lipinski definition) is 0. The number of aryl methyl sites for hydroxylation is 1. The Morgan fingerprint density at radius 2 is 1.75 bits per heavy atom. The first-order chi connectivity index (χ1) is 24.4. The van der Waals surface area contributed by atoms with E-state index in [0.29, 0.717) is 40.6 Å². The predicted molar refractivity (Wildman–Crippen MR) is 193 cm³/mol. The van der Waals surface area contributed by atoms with Gasteiger partial charge in [-0.15, -0.1) is 5.10 Å². The Morgan fingerprint density at radius 3 is 2.38 bits per heavy atom. The summed E-state index contributed by atoms with van der Waals surface area (Å²) in [7, 11) is -5.39. The summed E-state index contributed by atoms with van der Waals surface area (Å²) in [5.74, 6) is 2.83. The first kappa shape index (κ1) is 37.2. The molecule has 16 heteroatoms. The summed E-state index contributed by atoms with van der Waals surface area (Å²) in [6, 6.07) is 9.81. The van der Waals surface area contributed by atoms with Crippen molar-refractivity contribution in [1.82, 2.24) is 29.8 Å². The maximum Gasteiger partial charge on any atom is 0.169 e. The SMILES string of the molecule is Cn1nc(CS(C)(=O)=O)c2c(Cl)ccc(-c3ccc(C#CC(C)(C)S(=O)(=O)C4CC4)nc3[C@@H](CC(=O)Cn3ccnn3)Cc3cc(F)cc(F)c3)c21. The highest BCUT2D eigenvalue weighted by Crippen LogP contribution is 2.40. The number of nitrogens with zero attached hydrogens (tertiary/aromatic N) is 6. The second-order valence-electron chi connectivity index (χ2n) is 13.6. The predicted octanol–water partition coefficient (Wildman–Crippen LogP) is 5.40. The molecule has 0 bridgehead atoms. The largest absolute Gasteiger partial charge is 0.298 e. The van der Waals surface area contributed by atoms with Crippen LogP contribution in [0.2, 0.25) is 5.02 Å². The van der Waals surface area contributed by atoms with Gasteiger partial charge in [0.1, 0.15) is 28.6 Å². The minimum atomic E-state index is -3.54. The lowest BCUT2D eigenvalue weighted by molar-refractivity contribution is -0.120. The molecule has 5 aromatic rings. The first-order valence-electron chi connectivity index (χ1n) is 16.3. The normalized spacial score (nSPS) is 14.3. The average molecular weight is 769 g/mol. The monoisotopic (exact) mass is 768 g/mol. The van der Waals surface area contributed by atoms with Gasteiger partial charge >= 0.3 is 0 Å². The fourth-order valence-corrected chi connectivity index (χ4v) is 9.05. The van der Waals surface area contributed by atoms with Crippen molar-refractivity contribution in [3.05, 3.63) is 94.2 Å². The molecular weight excluding hydrogens is 734 g/mol. The van der Waals surface area contributed by atoms with Crippen LogP contribution in [-0.2, 0) is 50.2 Å². The minimum Gasteiger partial charge on any atom is -0.298 e. The van der Waals surface area contributed by atoms with E-state index in [4.69, 9.17) is 16.6 Å². The van der Waals surface area contributed by atoms with E-state index in [-0.39, 0.29) is 52.9 Å². The molecule has 272 valence electrons. The molecule has 0 N–H and O–H groups in total. The second kappa shape index (κ2) is 14.1. The van der Waals surface area contributed by atoms with Gasteiger partial charge in [-0.3, -0.25) is 9.48 Å². The summed E-state index contributed by atoms with van der Waals surface area (Å²) in [4.78, 5) is 18.5. The summed E-state index contributed by atoms with van der Waals surface area (Å²) in [5, 5.41) is 12.4. The molecule has 1 fully saturated rings. The van der Waals surface area contributed by atoms with Crippen LogP contribution < -0.4 is 0 Å². The van der Waals surface area contributed by atoms with E-state index in [1.54, 1.807) is 45.2 Å². The first-order valence-corrected chi connectivity index (χ1v) is 20.3. The van der Waals surface area contributed by atoms with E-state index in [0.717, 1.165) is 12.3 Å². The van der Waals surface area contributed by atoms with Crippen molar-refractivity contribution < 1.29 is 30.4 Å². The third-order valence-corrected chi connectivity index (χ3v) is 12.9. The summed E-state index contributed by atoms with van der Waals surface area (Å²) in [5.41, 5.74) is 2.61. The van der Waals surface area contributed by atoms with Crippen molar-refractivity contribution >= 4 is 48.0 Å². The molecule has 3 aromatic heterocycles. The molecule has 1 atom stereocenters. The standard InChI is InChI=1S/C36H35ClF2N6O5S2/c1-36(2,52(49,50)28-6-7-28)12-11-26-5-8-29(30-9-10-31(37)33-32(21-51(4,47)48)42-44(3)35(30)33)34(41-26)23(15-22-16-24(38)19-25(39)17-22)18-27(46)20-45-14-13-40-43-45/h5,8-10,13-14,16-17,19,23,28H,6-7,15,18,20-21H2,1-4H3/t23-/m1/s1. The molecule has 3 heterocycles. The molecule has 52 heavy (non-hydrogen) atoms. The molecule has 0 radical (unpaired) electrons. The topological polar surface area (TPSA) is 147 Å². The van der Waals surface area contributed by atoms with Gasteiger partial charge in [0.25, 0.3) is 0 Å². The van der Waals surface area contributed by atoms with Crippen molar-refractivity contribution in [2.45, 2.75) is 67.7 Å². The molecule has 0 spiro atoms.